The number of halogens is 1. The van der Waals surface area contributed by atoms with E-state index >= 15 is 0 Å². The van der Waals surface area contributed by atoms with Crippen LogP contribution >= 0.6 is 0 Å². The second-order valence-electron chi connectivity index (χ2n) is 10.9. The molecule has 38 heavy (non-hydrogen) atoms. The summed E-state index contributed by atoms with van der Waals surface area (Å²) in [5.41, 5.74) is 3.36. The molecule has 0 radical (unpaired) electrons. The number of benzene rings is 2. The number of nitrogens with zero attached hydrogens (tertiary/aromatic N) is 1. The molecule has 2 unspecified atom stereocenters. The number of fused-ring (bicyclic) bond motifs is 1. The number of pyridine rings is 1. The van der Waals surface area contributed by atoms with Gasteiger partial charge in [0.2, 0.25) is 10.0 Å². The minimum atomic E-state index is -3.95. The molecule has 1 aromatic heterocycles. The van der Waals surface area contributed by atoms with E-state index in [4.69, 9.17) is 0 Å². The molecule has 3 aromatic rings. The molecule has 0 aliphatic heterocycles. The molecule has 1 heterocycles. The monoisotopic (exact) mass is 537 g/mol. The largest absolute Gasteiger partial charge is 0.508 e. The van der Waals surface area contributed by atoms with Crippen LogP contribution in [0.15, 0.2) is 71.9 Å². The standard InChI is InChI=1S/C30H36FN3O3S/c31-27-8-2-3-9-29(27)38(36,37)34-21-30(14-4-1-5-15-30)20-33-28-13-10-23-18-24(35)11-12-25(23)26(28)17-22-7-6-16-32-19-22/h2-3,6-9,11-12,16,18-19,26,28,33-35H,1,4-5,10,13-15,17,20-21H2. The quantitative estimate of drug-likeness (QED) is 0.354. The van der Waals surface area contributed by atoms with E-state index in [2.05, 4.69) is 21.1 Å². The number of hydrogen-bond acceptors (Lipinski definition) is 5. The van der Waals surface area contributed by atoms with Crippen LogP contribution in [0.4, 0.5) is 4.39 Å². The maximum atomic E-state index is 14.3. The highest BCUT2D eigenvalue weighted by atomic mass is 32.2. The maximum Gasteiger partial charge on any atom is 0.243 e. The van der Waals surface area contributed by atoms with Crippen LogP contribution in [0.1, 0.15) is 61.1 Å². The Balaban J connectivity index is 1.34. The fourth-order valence-corrected chi connectivity index (χ4v) is 7.46. The van der Waals surface area contributed by atoms with Crippen molar-refractivity contribution in [1.29, 1.82) is 0 Å². The van der Waals surface area contributed by atoms with Gasteiger partial charge in [-0.15, -0.1) is 0 Å². The first-order valence-corrected chi connectivity index (χ1v) is 15.0. The Bertz CT molecular complexity index is 1340. The number of nitrogens with one attached hydrogen (secondary N) is 2. The van der Waals surface area contributed by atoms with E-state index in [-0.39, 0.29) is 28.8 Å². The maximum absolute atomic E-state index is 14.3. The van der Waals surface area contributed by atoms with Gasteiger partial charge in [0, 0.05) is 37.4 Å². The van der Waals surface area contributed by atoms with Crippen molar-refractivity contribution in [3.05, 3.63) is 89.5 Å². The number of aryl methyl sites for hydroxylation is 1. The van der Waals surface area contributed by atoms with E-state index in [9.17, 15) is 17.9 Å². The Morgan fingerprint density at radius 2 is 1.84 bits per heavy atom. The Morgan fingerprint density at radius 3 is 2.61 bits per heavy atom. The number of aromatic hydroxyl groups is 1. The van der Waals surface area contributed by atoms with Crippen molar-refractivity contribution >= 4 is 10.0 Å². The van der Waals surface area contributed by atoms with Gasteiger partial charge in [0.1, 0.15) is 16.5 Å². The molecule has 0 amide bonds. The Morgan fingerprint density at radius 1 is 1.03 bits per heavy atom. The number of phenols is 1. The Kier molecular flexibility index (Phi) is 8.12. The van der Waals surface area contributed by atoms with E-state index in [1.54, 1.807) is 18.3 Å². The lowest BCUT2D eigenvalue weighted by Gasteiger charge is -2.41. The van der Waals surface area contributed by atoms with Crippen LogP contribution < -0.4 is 10.0 Å². The molecule has 202 valence electrons. The summed E-state index contributed by atoms with van der Waals surface area (Å²) in [6, 6.07) is 15.5. The van der Waals surface area contributed by atoms with Crippen molar-refractivity contribution in [2.75, 3.05) is 13.1 Å². The zero-order valence-electron chi connectivity index (χ0n) is 21.6. The molecular weight excluding hydrogens is 501 g/mol. The number of hydrogen-bond donors (Lipinski definition) is 3. The summed E-state index contributed by atoms with van der Waals surface area (Å²) >= 11 is 0. The van der Waals surface area contributed by atoms with Crippen LogP contribution in [0.3, 0.4) is 0 Å². The fraction of sp³-hybridized carbons (Fsp3) is 0.433. The van der Waals surface area contributed by atoms with Crippen LogP contribution in [0.25, 0.3) is 0 Å². The first kappa shape index (κ1) is 26.8. The van der Waals surface area contributed by atoms with Crippen LogP contribution in [0.5, 0.6) is 5.75 Å². The number of aromatic nitrogens is 1. The van der Waals surface area contributed by atoms with Crippen molar-refractivity contribution < 1.29 is 17.9 Å². The van der Waals surface area contributed by atoms with Gasteiger partial charge >= 0.3 is 0 Å². The molecular formula is C30H36FN3O3S. The normalized spacial score (nSPS) is 21.1. The molecule has 3 N–H and O–H groups in total. The molecule has 0 saturated heterocycles. The summed E-state index contributed by atoms with van der Waals surface area (Å²) in [5, 5.41) is 13.9. The summed E-state index contributed by atoms with van der Waals surface area (Å²) in [5.74, 6) is -0.237. The number of rotatable bonds is 9. The molecule has 2 aliphatic rings. The summed E-state index contributed by atoms with van der Waals surface area (Å²) in [4.78, 5) is 4.00. The van der Waals surface area contributed by atoms with Gasteiger partial charge in [0.05, 0.1) is 0 Å². The highest BCUT2D eigenvalue weighted by Gasteiger charge is 2.37. The highest BCUT2D eigenvalue weighted by Crippen LogP contribution is 2.39. The lowest BCUT2D eigenvalue weighted by Crippen LogP contribution is -2.49. The molecule has 0 spiro atoms. The van der Waals surface area contributed by atoms with E-state index < -0.39 is 15.8 Å². The lowest BCUT2D eigenvalue weighted by molar-refractivity contribution is 0.172. The fourth-order valence-electron chi connectivity index (χ4n) is 6.22. The molecule has 1 fully saturated rings. The third kappa shape index (κ3) is 6.08. The van der Waals surface area contributed by atoms with Crippen LogP contribution in [-0.4, -0.2) is 37.6 Å². The van der Waals surface area contributed by atoms with Gasteiger partial charge < -0.3 is 10.4 Å². The first-order valence-electron chi connectivity index (χ1n) is 13.5. The Hall–Kier alpha value is -2.81. The molecule has 2 atom stereocenters. The van der Waals surface area contributed by atoms with Gasteiger partial charge in [-0.2, -0.15) is 0 Å². The van der Waals surface area contributed by atoms with Crippen molar-refractivity contribution in [1.82, 2.24) is 15.0 Å². The predicted octanol–water partition coefficient (Wildman–Crippen LogP) is 5.09. The van der Waals surface area contributed by atoms with Crippen LogP contribution in [-0.2, 0) is 22.9 Å². The molecule has 8 heteroatoms. The molecule has 5 rings (SSSR count). The van der Waals surface area contributed by atoms with Gasteiger partial charge in [-0.3, -0.25) is 4.98 Å². The van der Waals surface area contributed by atoms with E-state index in [0.29, 0.717) is 12.3 Å². The van der Waals surface area contributed by atoms with Gasteiger partial charge in [0.15, 0.2) is 0 Å². The smallest absolute Gasteiger partial charge is 0.243 e. The minimum Gasteiger partial charge on any atom is -0.508 e. The summed E-state index contributed by atoms with van der Waals surface area (Å²) in [6.07, 6.45) is 11.4. The third-order valence-electron chi connectivity index (χ3n) is 8.33. The van der Waals surface area contributed by atoms with E-state index in [1.807, 2.05) is 24.4 Å². The molecule has 1 saturated carbocycles. The summed E-state index contributed by atoms with van der Waals surface area (Å²) < 4.78 is 42.9. The van der Waals surface area contributed by atoms with Gasteiger partial charge in [-0.05, 0) is 84.5 Å². The first-order chi connectivity index (χ1) is 18.4. The second kappa shape index (κ2) is 11.5. The minimum absolute atomic E-state index is 0.203. The predicted molar refractivity (Wildman–Crippen MR) is 146 cm³/mol. The molecule has 6 nitrogen and oxygen atoms in total. The molecule has 2 aliphatic carbocycles. The van der Waals surface area contributed by atoms with Crippen LogP contribution in [0, 0.1) is 11.2 Å². The summed E-state index contributed by atoms with van der Waals surface area (Å²) in [6.45, 7) is 0.968. The van der Waals surface area contributed by atoms with Gasteiger partial charge in [-0.25, -0.2) is 17.5 Å². The highest BCUT2D eigenvalue weighted by molar-refractivity contribution is 7.89. The number of phenolic OH excluding ortho intramolecular Hbond substituents is 1. The van der Waals surface area contributed by atoms with E-state index in [1.165, 1.54) is 29.3 Å². The van der Waals surface area contributed by atoms with E-state index in [0.717, 1.165) is 56.9 Å². The van der Waals surface area contributed by atoms with Crippen molar-refractivity contribution in [2.45, 2.75) is 68.2 Å². The Labute approximate surface area is 224 Å². The molecule has 0 bridgehead atoms. The topological polar surface area (TPSA) is 91.3 Å². The van der Waals surface area contributed by atoms with Gasteiger partial charge in [-0.1, -0.05) is 43.5 Å². The van der Waals surface area contributed by atoms with Crippen molar-refractivity contribution in [3.63, 3.8) is 0 Å². The van der Waals surface area contributed by atoms with Crippen LogP contribution in [0.2, 0.25) is 0 Å². The van der Waals surface area contributed by atoms with Crippen molar-refractivity contribution in [3.8, 4) is 5.75 Å². The lowest BCUT2D eigenvalue weighted by atomic mass is 9.72. The zero-order chi connectivity index (χ0) is 26.6. The zero-order valence-corrected chi connectivity index (χ0v) is 22.4. The number of sulfonamides is 1. The van der Waals surface area contributed by atoms with Gasteiger partial charge in [0.25, 0.3) is 0 Å². The molecule has 2 aromatic carbocycles. The third-order valence-corrected chi connectivity index (χ3v) is 9.77. The summed E-state index contributed by atoms with van der Waals surface area (Å²) in [7, 11) is -3.95. The van der Waals surface area contributed by atoms with Crippen molar-refractivity contribution in [2.24, 2.45) is 5.41 Å². The second-order valence-corrected chi connectivity index (χ2v) is 12.6. The SMILES string of the molecule is O=S(=O)(NCC1(CNC2CCc3cc(O)ccc3C2Cc2cccnc2)CCCCC1)c1ccccc1F. The average molecular weight is 538 g/mol. The average Bonchev–Trinajstić information content (AvgIpc) is 2.93.